The molecular formula is C31H37N5O6S. The summed E-state index contributed by atoms with van der Waals surface area (Å²) in [7, 11) is 0.503. The molecule has 228 valence electrons. The quantitative estimate of drug-likeness (QED) is 0.430. The SMILES string of the molecule is COc1cc(C(=O)N2CCN(C)CC2)cc(OC)c1S(=O)(=O)Nc1noc2c1C[C@@]1(C[C@@H]1C)c1ccc(N3CCC3)cc1-2. The molecule has 1 aromatic heterocycles. The standard InChI is InChI=1S/C31H37N5O6S/c1-19-17-31(19)18-23-27(22-16-21(6-7-24(22)31)35-8-5-9-35)42-32-29(23)33-43(38,39)28-25(40-3)14-20(15-26(28)41-4)30(37)36-12-10-34(2)11-13-36/h6-7,14-16,19H,5,8-13,17-18H2,1-4H3,(H,32,33)/t19-,31+/m0/s1. The van der Waals surface area contributed by atoms with Crippen LogP contribution in [-0.4, -0.2) is 89.8 Å². The Morgan fingerprint density at radius 2 is 1.72 bits per heavy atom. The summed E-state index contributed by atoms with van der Waals surface area (Å²) in [5.41, 5.74) is 4.35. The van der Waals surface area contributed by atoms with Gasteiger partial charge in [-0.2, -0.15) is 0 Å². The van der Waals surface area contributed by atoms with Crippen LogP contribution >= 0.6 is 0 Å². The zero-order valence-corrected chi connectivity index (χ0v) is 25.8. The van der Waals surface area contributed by atoms with Crippen molar-refractivity contribution in [2.75, 3.05) is 70.2 Å². The molecule has 11 nitrogen and oxygen atoms in total. The Balaban J connectivity index is 1.23. The molecule has 3 heterocycles. The maximum Gasteiger partial charge on any atom is 0.270 e. The normalized spacial score (nSPS) is 22.9. The van der Waals surface area contributed by atoms with Crippen molar-refractivity contribution in [1.29, 1.82) is 0 Å². The van der Waals surface area contributed by atoms with Crippen LogP contribution in [-0.2, 0) is 21.9 Å². The van der Waals surface area contributed by atoms with Gasteiger partial charge in [-0.3, -0.25) is 9.52 Å². The third-order valence-corrected chi connectivity index (χ3v) is 11.1. The number of nitrogens with zero attached hydrogens (tertiary/aromatic N) is 4. The average molecular weight is 608 g/mol. The van der Waals surface area contributed by atoms with E-state index in [9.17, 15) is 13.2 Å². The van der Waals surface area contributed by atoms with Gasteiger partial charge < -0.3 is 28.7 Å². The molecule has 4 aliphatic rings. The zero-order valence-electron chi connectivity index (χ0n) is 25.0. The van der Waals surface area contributed by atoms with Crippen LogP contribution in [0.4, 0.5) is 11.5 Å². The van der Waals surface area contributed by atoms with Gasteiger partial charge in [-0.05, 0) is 62.1 Å². The van der Waals surface area contributed by atoms with Gasteiger partial charge in [0.2, 0.25) is 0 Å². The lowest BCUT2D eigenvalue weighted by Gasteiger charge is -2.34. The van der Waals surface area contributed by atoms with Crippen LogP contribution in [0.2, 0.25) is 0 Å². The lowest BCUT2D eigenvalue weighted by atomic mass is 9.77. The molecule has 43 heavy (non-hydrogen) atoms. The molecule has 2 atom stereocenters. The van der Waals surface area contributed by atoms with E-state index in [0.717, 1.165) is 49.4 Å². The zero-order chi connectivity index (χ0) is 30.1. The number of nitrogens with one attached hydrogen (secondary N) is 1. The molecule has 0 bridgehead atoms. The topological polar surface area (TPSA) is 117 Å². The number of methoxy groups -OCH3 is 2. The summed E-state index contributed by atoms with van der Waals surface area (Å²) in [6, 6.07) is 9.48. The van der Waals surface area contributed by atoms with Gasteiger partial charge in [-0.15, -0.1) is 0 Å². The van der Waals surface area contributed by atoms with E-state index in [-0.39, 0.29) is 33.5 Å². The highest BCUT2D eigenvalue weighted by Crippen LogP contribution is 2.62. The molecule has 12 heteroatoms. The fourth-order valence-electron chi connectivity index (χ4n) is 6.85. The molecule has 2 saturated heterocycles. The summed E-state index contributed by atoms with van der Waals surface area (Å²) in [6.07, 6.45) is 2.83. The number of carbonyl (C=O) groups is 1. The van der Waals surface area contributed by atoms with Crippen molar-refractivity contribution in [2.24, 2.45) is 5.92 Å². The molecule has 1 amide bonds. The van der Waals surface area contributed by atoms with Crippen LogP contribution in [0.1, 0.15) is 41.3 Å². The predicted octanol–water partition coefficient (Wildman–Crippen LogP) is 3.59. The van der Waals surface area contributed by atoms with E-state index in [1.165, 1.54) is 38.3 Å². The fraction of sp³-hybridized carbons (Fsp3) is 0.484. The summed E-state index contributed by atoms with van der Waals surface area (Å²) >= 11 is 0. The van der Waals surface area contributed by atoms with Crippen LogP contribution in [0.25, 0.3) is 11.3 Å². The first-order valence-corrected chi connectivity index (χ1v) is 16.3. The molecular weight excluding hydrogens is 570 g/mol. The van der Waals surface area contributed by atoms with Gasteiger partial charge in [0.05, 0.1) is 14.2 Å². The van der Waals surface area contributed by atoms with Crippen molar-refractivity contribution >= 4 is 27.4 Å². The van der Waals surface area contributed by atoms with Gasteiger partial charge >= 0.3 is 0 Å². The Morgan fingerprint density at radius 3 is 2.30 bits per heavy atom. The number of anilines is 2. The van der Waals surface area contributed by atoms with E-state index in [4.69, 9.17) is 14.0 Å². The number of benzene rings is 2. The van der Waals surface area contributed by atoms with Gasteiger partial charge in [0.15, 0.2) is 16.5 Å². The highest BCUT2D eigenvalue weighted by Gasteiger charge is 2.56. The summed E-state index contributed by atoms with van der Waals surface area (Å²) in [5.74, 6) is 1.05. The number of likely N-dealkylation sites (N-methyl/N-ethyl adjacent to an activating group) is 1. The number of aromatic nitrogens is 1. The van der Waals surface area contributed by atoms with Gasteiger partial charge in [-0.1, -0.05) is 18.1 Å². The van der Waals surface area contributed by atoms with Crippen LogP contribution < -0.4 is 19.1 Å². The monoisotopic (exact) mass is 607 g/mol. The number of piperazine rings is 1. The predicted molar refractivity (Wildman–Crippen MR) is 162 cm³/mol. The molecule has 2 aliphatic heterocycles. The first-order valence-electron chi connectivity index (χ1n) is 14.8. The smallest absolute Gasteiger partial charge is 0.270 e. The first kappa shape index (κ1) is 28.0. The number of sulfonamides is 1. The van der Waals surface area contributed by atoms with Crippen molar-refractivity contribution in [2.45, 2.75) is 36.5 Å². The second kappa shape index (κ2) is 10.2. The molecule has 1 N–H and O–H groups in total. The van der Waals surface area contributed by atoms with Crippen molar-refractivity contribution in [3.05, 3.63) is 47.0 Å². The molecule has 1 saturated carbocycles. The lowest BCUT2D eigenvalue weighted by Crippen LogP contribution is -2.47. The molecule has 3 fully saturated rings. The summed E-state index contributed by atoms with van der Waals surface area (Å²) < 4.78 is 47.6. The Morgan fingerprint density at radius 1 is 1.05 bits per heavy atom. The first-order chi connectivity index (χ1) is 20.6. The van der Waals surface area contributed by atoms with E-state index in [2.05, 4.69) is 44.8 Å². The van der Waals surface area contributed by atoms with Crippen LogP contribution in [0.15, 0.2) is 39.8 Å². The van der Waals surface area contributed by atoms with E-state index < -0.39 is 10.0 Å². The molecule has 3 aromatic rings. The van der Waals surface area contributed by atoms with Crippen molar-refractivity contribution in [3.63, 3.8) is 0 Å². The Kier molecular flexibility index (Phi) is 6.62. The number of hydrogen-bond donors (Lipinski definition) is 1. The minimum Gasteiger partial charge on any atom is -0.495 e. The number of amides is 1. The van der Waals surface area contributed by atoms with Crippen molar-refractivity contribution < 1.29 is 27.2 Å². The average Bonchev–Trinajstić information content (AvgIpc) is 3.44. The van der Waals surface area contributed by atoms with Gasteiger partial charge in [0, 0.05) is 67.1 Å². The molecule has 0 unspecified atom stereocenters. The van der Waals surface area contributed by atoms with Crippen LogP contribution in [0.5, 0.6) is 11.5 Å². The molecule has 2 aliphatic carbocycles. The van der Waals surface area contributed by atoms with E-state index in [1.54, 1.807) is 4.90 Å². The number of hydrogen-bond acceptors (Lipinski definition) is 9. The third-order valence-electron chi connectivity index (χ3n) is 9.74. The molecule has 2 aromatic carbocycles. The highest BCUT2D eigenvalue weighted by molar-refractivity contribution is 7.93. The third kappa shape index (κ3) is 4.53. The minimum atomic E-state index is -4.26. The van der Waals surface area contributed by atoms with Crippen LogP contribution in [0, 0.1) is 5.92 Å². The van der Waals surface area contributed by atoms with E-state index in [0.29, 0.717) is 36.8 Å². The maximum atomic E-state index is 14.0. The Labute approximate surface area is 251 Å². The Hall–Kier alpha value is -3.77. The summed E-state index contributed by atoms with van der Waals surface area (Å²) in [5, 5.41) is 4.23. The number of fused-ring (bicyclic) bond motifs is 4. The molecule has 7 rings (SSSR count). The lowest BCUT2D eigenvalue weighted by molar-refractivity contribution is 0.0663. The Bertz CT molecular complexity index is 1680. The van der Waals surface area contributed by atoms with Gasteiger partial charge in [0.25, 0.3) is 15.9 Å². The fourth-order valence-corrected chi connectivity index (χ4v) is 8.18. The van der Waals surface area contributed by atoms with Crippen molar-refractivity contribution in [3.8, 4) is 22.8 Å². The molecule has 1 spiro atoms. The second-order valence-corrected chi connectivity index (χ2v) is 13.9. The van der Waals surface area contributed by atoms with Crippen LogP contribution in [0.3, 0.4) is 0 Å². The van der Waals surface area contributed by atoms with E-state index in [1.807, 2.05) is 7.05 Å². The van der Waals surface area contributed by atoms with E-state index >= 15 is 0 Å². The largest absolute Gasteiger partial charge is 0.495 e. The number of rotatable bonds is 7. The highest BCUT2D eigenvalue weighted by atomic mass is 32.2. The summed E-state index contributed by atoms with van der Waals surface area (Å²) in [6.45, 7) is 6.99. The second-order valence-electron chi connectivity index (χ2n) is 12.3. The maximum absolute atomic E-state index is 14.0. The number of ether oxygens (including phenoxy) is 2. The number of carbonyl (C=O) groups excluding carboxylic acids is 1. The molecule has 0 radical (unpaired) electrons. The van der Waals surface area contributed by atoms with Gasteiger partial charge in [-0.25, -0.2) is 8.42 Å². The minimum absolute atomic E-state index is 0.0125. The summed E-state index contributed by atoms with van der Waals surface area (Å²) in [4.78, 5) is 19.3. The van der Waals surface area contributed by atoms with Gasteiger partial charge in [0.1, 0.15) is 11.5 Å². The van der Waals surface area contributed by atoms with Crippen molar-refractivity contribution in [1.82, 2.24) is 15.0 Å².